The Morgan fingerprint density at radius 3 is 1.78 bits per heavy atom. The van der Waals surface area contributed by atoms with Crippen LogP contribution < -0.4 is 4.90 Å². The van der Waals surface area contributed by atoms with Gasteiger partial charge in [-0.2, -0.15) is 0 Å². The number of hydrogen-bond donors (Lipinski definition) is 0. The van der Waals surface area contributed by atoms with Crippen molar-refractivity contribution in [3.8, 4) is 33.4 Å². The number of benzene rings is 9. The van der Waals surface area contributed by atoms with Crippen molar-refractivity contribution in [2.75, 3.05) is 4.90 Å². The minimum atomic E-state index is 0.870. The molecule has 0 saturated heterocycles. The molecular formula is C52H33NOS. The first kappa shape index (κ1) is 31.6. The molecule has 0 bridgehead atoms. The summed E-state index contributed by atoms with van der Waals surface area (Å²) in [5, 5.41) is 7.18. The van der Waals surface area contributed by atoms with Crippen molar-refractivity contribution in [3.63, 3.8) is 0 Å². The van der Waals surface area contributed by atoms with E-state index in [0.717, 1.165) is 61.3 Å². The van der Waals surface area contributed by atoms with Gasteiger partial charge in [0.05, 0.1) is 5.69 Å². The quantitative estimate of drug-likeness (QED) is 0.170. The van der Waals surface area contributed by atoms with Crippen LogP contribution in [0, 0.1) is 0 Å². The van der Waals surface area contributed by atoms with Gasteiger partial charge in [0.15, 0.2) is 0 Å². The van der Waals surface area contributed by atoms with Crippen molar-refractivity contribution < 1.29 is 4.42 Å². The van der Waals surface area contributed by atoms with E-state index < -0.39 is 0 Å². The Morgan fingerprint density at radius 2 is 1.00 bits per heavy atom. The molecule has 0 aliphatic carbocycles. The van der Waals surface area contributed by atoms with Crippen molar-refractivity contribution in [2.24, 2.45) is 0 Å². The van der Waals surface area contributed by atoms with Gasteiger partial charge in [0.25, 0.3) is 0 Å². The van der Waals surface area contributed by atoms with Crippen LogP contribution in [-0.2, 0) is 0 Å². The largest absolute Gasteiger partial charge is 0.455 e. The molecular weight excluding hydrogens is 687 g/mol. The topological polar surface area (TPSA) is 16.4 Å². The summed E-state index contributed by atoms with van der Waals surface area (Å²) in [4.78, 5) is 2.43. The highest BCUT2D eigenvalue weighted by molar-refractivity contribution is 7.25. The summed E-state index contributed by atoms with van der Waals surface area (Å²) in [7, 11) is 0. The summed E-state index contributed by atoms with van der Waals surface area (Å²) in [6, 6.07) is 72.2. The Morgan fingerprint density at radius 1 is 0.382 bits per heavy atom. The van der Waals surface area contributed by atoms with Gasteiger partial charge in [-0.1, -0.05) is 146 Å². The zero-order valence-corrected chi connectivity index (χ0v) is 30.6. The van der Waals surface area contributed by atoms with E-state index in [4.69, 9.17) is 4.42 Å². The van der Waals surface area contributed by atoms with Crippen molar-refractivity contribution in [1.29, 1.82) is 0 Å². The smallest absolute Gasteiger partial charge is 0.143 e. The standard InChI is InChI=1S/C52H33NOS/c1-4-14-34(15-5-1)37-24-28-47(44(30-37)35-16-6-2-7-17-35)53(40-25-27-43-42-22-12-13-23-49(42)55-50(43)33-40)39-26-29-48-46(32-39)51-41-21-11-10-20-38(41)31-45(52(51)54-48)36-18-8-3-9-19-36/h1-33H. The molecule has 0 N–H and O–H groups in total. The van der Waals surface area contributed by atoms with Gasteiger partial charge >= 0.3 is 0 Å². The highest BCUT2D eigenvalue weighted by atomic mass is 32.1. The van der Waals surface area contributed by atoms with Crippen LogP contribution in [0.4, 0.5) is 17.1 Å². The van der Waals surface area contributed by atoms with Crippen LogP contribution in [0.25, 0.3) is 86.3 Å². The Hall–Kier alpha value is -6.94. The van der Waals surface area contributed by atoms with E-state index in [1.165, 1.54) is 42.1 Å². The van der Waals surface area contributed by atoms with Gasteiger partial charge < -0.3 is 9.32 Å². The van der Waals surface area contributed by atoms with E-state index >= 15 is 0 Å². The van der Waals surface area contributed by atoms with E-state index in [1.54, 1.807) is 0 Å². The van der Waals surface area contributed by atoms with Gasteiger partial charge in [-0.05, 0) is 87.6 Å². The molecule has 0 aliphatic rings. The zero-order chi connectivity index (χ0) is 36.3. The third-order valence-corrected chi connectivity index (χ3v) is 12.0. The maximum Gasteiger partial charge on any atom is 0.143 e. The zero-order valence-electron chi connectivity index (χ0n) is 29.8. The summed E-state index contributed by atoms with van der Waals surface area (Å²) in [5.74, 6) is 0. The molecule has 9 aromatic carbocycles. The van der Waals surface area contributed by atoms with E-state index in [2.05, 4.69) is 205 Å². The van der Waals surface area contributed by atoms with Gasteiger partial charge in [0.1, 0.15) is 11.2 Å². The molecule has 0 aliphatic heterocycles. The second-order valence-corrected chi connectivity index (χ2v) is 15.2. The van der Waals surface area contributed by atoms with Crippen molar-refractivity contribution >= 4 is 81.3 Å². The second kappa shape index (κ2) is 12.9. The van der Waals surface area contributed by atoms with Crippen molar-refractivity contribution in [2.45, 2.75) is 0 Å². The minimum absolute atomic E-state index is 0.870. The van der Waals surface area contributed by atoms with E-state index in [1.807, 2.05) is 11.3 Å². The van der Waals surface area contributed by atoms with E-state index in [9.17, 15) is 0 Å². The first-order valence-corrected chi connectivity index (χ1v) is 19.5. The number of rotatable bonds is 6. The summed E-state index contributed by atoms with van der Waals surface area (Å²) < 4.78 is 9.38. The number of anilines is 3. The monoisotopic (exact) mass is 719 g/mol. The van der Waals surface area contributed by atoms with Crippen molar-refractivity contribution in [1.82, 2.24) is 0 Å². The Labute approximate surface area is 322 Å². The minimum Gasteiger partial charge on any atom is -0.455 e. The lowest BCUT2D eigenvalue weighted by molar-refractivity contribution is 0.670. The fraction of sp³-hybridized carbons (Fsp3) is 0. The Balaban J connectivity index is 1.20. The lowest BCUT2D eigenvalue weighted by Gasteiger charge is -2.28. The molecule has 0 spiro atoms. The lowest BCUT2D eigenvalue weighted by atomic mass is 9.95. The summed E-state index contributed by atoms with van der Waals surface area (Å²) >= 11 is 1.85. The number of nitrogens with zero attached hydrogens (tertiary/aromatic N) is 1. The summed E-state index contributed by atoms with van der Waals surface area (Å²) in [6.45, 7) is 0. The van der Waals surface area contributed by atoms with Crippen LogP contribution in [0.3, 0.4) is 0 Å². The first-order chi connectivity index (χ1) is 27.3. The molecule has 0 amide bonds. The van der Waals surface area contributed by atoms with Crippen LogP contribution in [0.2, 0.25) is 0 Å². The van der Waals surface area contributed by atoms with Gasteiger partial charge in [-0.3, -0.25) is 0 Å². The predicted molar refractivity (Wildman–Crippen MR) is 235 cm³/mol. The average Bonchev–Trinajstić information content (AvgIpc) is 3.83. The molecule has 0 fully saturated rings. The van der Waals surface area contributed by atoms with Gasteiger partial charge in [0, 0.05) is 53.4 Å². The third-order valence-electron chi connectivity index (χ3n) is 10.8. The van der Waals surface area contributed by atoms with E-state index in [0.29, 0.717) is 0 Å². The fourth-order valence-corrected chi connectivity index (χ4v) is 9.40. The molecule has 2 nitrogen and oxygen atoms in total. The molecule has 2 aromatic heterocycles. The van der Waals surface area contributed by atoms with Gasteiger partial charge in [0.2, 0.25) is 0 Å². The maximum absolute atomic E-state index is 6.82. The summed E-state index contributed by atoms with van der Waals surface area (Å²) in [5.41, 5.74) is 12.0. The molecule has 0 radical (unpaired) electrons. The number of thiophene rings is 1. The molecule has 55 heavy (non-hydrogen) atoms. The molecule has 3 heteroatoms. The molecule has 0 unspecified atom stereocenters. The molecule has 11 aromatic rings. The van der Waals surface area contributed by atoms with Crippen LogP contribution in [0.1, 0.15) is 0 Å². The molecule has 0 atom stereocenters. The number of furan rings is 1. The molecule has 0 saturated carbocycles. The highest BCUT2D eigenvalue weighted by Gasteiger charge is 2.22. The predicted octanol–water partition coefficient (Wildman–Crippen LogP) is 15.6. The average molecular weight is 720 g/mol. The SMILES string of the molecule is c1ccc(-c2ccc(N(c3ccc4c(c3)sc3ccccc34)c3ccc4oc5c(-c6ccccc6)cc6ccccc6c5c4c3)c(-c3ccccc3)c2)cc1. The van der Waals surface area contributed by atoms with Crippen LogP contribution in [0.15, 0.2) is 205 Å². The summed E-state index contributed by atoms with van der Waals surface area (Å²) in [6.07, 6.45) is 0. The lowest BCUT2D eigenvalue weighted by Crippen LogP contribution is -2.11. The number of hydrogen-bond acceptors (Lipinski definition) is 3. The fourth-order valence-electron chi connectivity index (χ4n) is 8.26. The van der Waals surface area contributed by atoms with Crippen LogP contribution >= 0.6 is 11.3 Å². The van der Waals surface area contributed by atoms with Gasteiger partial charge in [-0.15, -0.1) is 11.3 Å². The maximum atomic E-state index is 6.82. The van der Waals surface area contributed by atoms with Crippen molar-refractivity contribution in [3.05, 3.63) is 200 Å². The molecule has 11 rings (SSSR count). The first-order valence-electron chi connectivity index (χ1n) is 18.7. The van der Waals surface area contributed by atoms with Crippen LogP contribution in [0.5, 0.6) is 0 Å². The third kappa shape index (κ3) is 5.32. The Kier molecular flexibility index (Phi) is 7.39. The normalized spacial score (nSPS) is 11.6. The van der Waals surface area contributed by atoms with Gasteiger partial charge in [-0.25, -0.2) is 0 Å². The molecule has 258 valence electrons. The number of fused-ring (bicyclic) bond motifs is 8. The second-order valence-electron chi connectivity index (χ2n) is 14.1. The Bertz CT molecular complexity index is 3200. The van der Waals surface area contributed by atoms with E-state index in [-0.39, 0.29) is 0 Å². The van der Waals surface area contributed by atoms with Crippen LogP contribution in [-0.4, -0.2) is 0 Å². The highest BCUT2D eigenvalue weighted by Crippen LogP contribution is 2.47. The molecule has 2 heterocycles.